The van der Waals surface area contributed by atoms with Crippen LogP contribution in [0.25, 0.3) is 11.0 Å². The maximum atomic E-state index is 12.5. The van der Waals surface area contributed by atoms with Crippen molar-refractivity contribution in [2.45, 2.75) is 12.5 Å². The van der Waals surface area contributed by atoms with Gasteiger partial charge >= 0.3 is 5.97 Å². The lowest BCUT2D eigenvalue weighted by Crippen LogP contribution is -2.14. The van der Waals surface area contributed by atoms with Crippen LogP contribution in [0.15, 0.2) is 79.1 Å². The molecule has 2 N–H and O–H groups in total. The van der Waals surface area contributed by atoms with Gasteiger partial charge in [-0.15, -0.1) is 0 Å². The molecule has 152 valence electrons. The second-order valence-corrected chi connectivity index (χ2v) is 7.02. The summed E-state index contributed by atoms with van der Waals surface area (Å²) in [6.07, 6.45) is 1.55. The van der Waals surface area contributed by atoms with Crippen molar-refractivity contribution in [3.05, 3.63) is 95.8 Å². The number of carboxylic acids is 1. The third-order valence-electron chi connectivity index (χ3n) is 5.00. The second kappa shape index (κ2) is 8.51. The normalized spacial score (nSPS) is 11.6. The summed E-state index contributed by atoms with van der Waals surface area (Å²) < 4.78 is 1.84. The highest BCUT2D eigenvalue weighted by Crippen LogP contribution is 2.28. The molecule has 7 heteroatoms. The van der Waals surface area contributed by atoms with Crippen LogP contribution in [0.5, 0.6) is 0 Å². The van der Waals surface area contributed by atoms with Gasteiger partial charge in [0.05, 0.1) is 41.5 Å². The fourth-order valence-electron chi connectivity index (χ4n) is 3.47. The number of hydrogen-bond acceptors (Lipinski definition) is 4. The number of carboxylic acid groups (broad SMARTS) is 1. The lowest BCUT2D eigenvalue weighted by Gasteiger charge is -2.18. The van der Waals surface area contributed by atoms with Crippen LogP contribution in [-0.2, 0) is 4.79 Å². The van der Waals surface area contributed by atoms with Crippen molar-refractivity contribution >= 4 is 28.6 Å². The van der Waals surface area contributed by atoms with Crippen LogP contribution in [0.2, 0.25) is 0 Å². The number of imidazole rings is 1. The van der Waals surface area contributed by atoms with Gasteiger partial charge in [0.25, 0.3) is 5.91 Å². The molecule has 7 nitrogen and oxygen atoms in total. The predicted octanol–water partition coefficient (Wildman–Crippen LogP) is 4.22. The molecular formula is C24H18N4O3. The van der Waals surface area contributed by atoms with Crippen molar-refractivity contribution in [1.82, 2.24) is 9.55 Å². The van der Waals surface area contributed by atoms with Gasteiger partial charge in [-0.3, -0.25) is 9.59 Å². The Labute approximate surface area is 178 Å². The molecule has 0 spiro atoms. The first-order valence-electron chi connectivity index (χ1n) is 9.60. The van der Waals surface area contributed by atoms with Crippen LogP contribution < -0.4 is 5.32 Å². The summed E-state index contributed by atoms with van der Waals surface area (Å²) in [7, 11) is 0. The van der Waals surface area contributed by atoms with Gasteiger partial charge in [-0.1, -0.05) is 30.3 Å². The largest absolute Gasteiger partial charge is 0.481 e. The molecule has 31 heavy (non-hydrogen) atoms. The van der Waals surface area contributed by atoms with Crippen LogP contribution in [0.3, 0.4) is 0 Å². The number of benzene rings is 3. The molecule has 0 fully saturated rings. The van der Waals surface area contributed by atoms with Gasteiger partial charge in [0.15, 0.2) is 0 Å². The topological polar surface area (TPSA) is 108 Å². The molecule has 1 amide bonds. The smallest absolute Gasteiger partial charge is 0.305 e. The van der Waals surface area contributed by atoms with Gasteiger partial charge in [0.2, 0.25) is 0 Å². The molecule has 1 unspecified atom stereocenters. The monoisotopic (exact) mass is 410 g/mol. The number of rotatable bonds is 6. The summed E-state index contributed by atoms with van der Waals surface area (Å²) in [5.41, 5.74) is 3.78. The second-order valence-electron chi connectivity index (χ2n) is 7.02. The van der Waals surface area contributed by atoms with E-state index in [4.69, 9.17) is 5.26 Å². The summed E-state index contributed by atoms with van der Waals surface area (Å²) in [5, 5.41) is 21.1. The highest BCUT2D eigenvalue weighted by Gasteiger charge is 2.20. The number of aliphatic carboxylic acids is 1. The molecule has 0 bridgehead atoms. The molecule has 0 aliphatic rings. The van der Waals surface area contributed by atoms with E-state index in [0.717, 1.165) is 11.1 Å². The van der Waals surface area contributed by atoms with Gasteiger partial charge < -0.3 is 15.0 Å². The first-order valence-corrected chi connectivity index (χ1v) is 9.60. The molecular weight excluding hydrogens is 392 g/mol. The SMILES string of the molecule is N#Cc1ccc(C(=O)Nc2ccc3c(c2)ncn3C(CC(=O)O)c2ccccc2)cc1. The average molecular weight is 410 g/mol. The van der Waals surface area contributed by atoms with Crippen molar-refractivity contribution in [3.8, 4) is 6.07 Å². The zero-order chi connectivity index (χ0) is 21.8. The number of amides is 1. The highest BCUT2D eigenvalue weighted by molar-refractivity contribution is 6.05. The van der Waals surface area contributed by atoms with Gasteiger partial charge in [0.1, 0.15) is 0 Å². The first-order chi connectivity index (χ1) is 15.0. The van der Waals surface area contributed by atoms with Crippen LogP contribution in [0.1, 0.15) is 33.9 Å². The summed E-state index contributed by atoms with van der Waals surface area (Å²) in [6, 6.07) is 22.7. The fraction of sp³-hybridized carbons (Fsp3) is 0.0833. The Hall–Kier alpha value is -4.44. The molecule has 0 radical (unpaired) electrons. The number of anilines is 1. The van der Waals surface area contributed by atoms with E-state index in [0.29, 0.717) is 22.3 Å². The molecule has 0 saturated carbocycles. The van der Waals surface area contributed by atoms with E-state index < -0.39 is 12.0 Å². The van der Waals surface area contributed by atoms with E-state index in [1.165, 1.54) is 0 Å². The minimum atomic E-state index is -0.901. The van der Waals surface area contributed by atoms with Crippen molar-refractivity contribution < 1.29 is 14.7 Å². The molecule has 4 aromatic rings. The Morgan fingerprint density at radius 3 is 2.48 bits per heavy atom. The summed E-state index contributed by atoms with van der Waals surface area (Å²) in [4.78, 5) is 28.4. The summed E-state index contributed by atoms with van der Waals surface area (Å²) >= 11 is 0. The van der Waals surface area contributed by atoms with Gasteiger partial charge in [-0.25, -0.2) is 4.98 Å². The number of nitrogens with zero attached hydrogens (tertiary/aromatic N) is 3. The predicted molar refractivity (Wildman–Crippen MR) is 116 cm³/mol. The zero-order valence-corrected chi connectivity index (χ0v) is 16.4. The number of aromatic nitrogens is 2. The van der Waals surface area contributed by atoms with E-state index in [-0.39, 0.29) is 12.3 Å². The summed E-state index contributed by atoms with van der Waals surface area (Å²) in [6.45, 7) is 0. The van der Waals surface area contributed by atoms with Gasteiger partial charge in [-0.05, 0) is 48.0 Å². The Balaban J connectivity index is 1.62. The first kappa shape index (κ1) is 19.9. The Morgan fingerprint density at radius 2 is 1.81 bits per heavy atom. The average Bonchev–Trinajstić information content (AvgIpc) is 3.21. The highest BCUT2D eigenvalue weighted by atomic mass is 16.4. The fourth-order valence-corrected chi connectivity index (χ4v) is 3.47. The van der Waals surface area contributed by atoms with Gasteiger partial charge in [-0.2, -0.15) is 5.26 Å². The van der Waals surface area contributed by atoms with E-state index in [1.54, 1.807) is 42.7 Å². The van der Waals surface area contributed by atoms with E-state index in [1.807, 2.05) is 47.0 Å². The molecule has 0 saturated heterocycles. The number of fused-ring (bicyclic) bond motifs is 1. The molecule has 1 heterocycles. The standard InChI is InChI=1S/C24H18N4O3/c25-14-16-6-8-18(9-7-16)24(31)27-19-10-11-21-20(12-19)26-15-28(21)22(13-23(29)30)17-4-2-1-3-5-17/h1-12,15,22H,13H2,(H,27,31)(H,29,30). The number of hydrogen-bond donors (Lipinski definition) is 2. The maximum Gasteiger partial charge on any atom is 0.305 e. The minimum absolute atomic E-state index is 0.0767. The van der Waals surface area contributed by atoms with Crippen molar-refractivity contribution in [2.24, 2.45) is 0 Å². The van der Waals surface area contributed by atoms with Crippen molar-refractivity contribution in [1.29, 1.82) is 5.26 Å². The molecule has 4 rings (SSSR count). The third-order valence-corrected chi connectivity index (χ3v) is 5.00. The number of carbonyl (C=O) groups excluding carboxylic acids is 1. The zero-order valence-electron chi connectivity index (χ0n) is 16.4. The number of nitrogens with one attached hydrogen (secondary N) is 1. The van der Waals surface area contributed by atoms with Crippen LogP contribution in [0.4, 0.5) is 5.69 Å². The quantitative estimate of drug-likeness (QED) is 0.495. The van der Waals surface area contributed by atoms with E-state index >= 15 is 0 Å². The number of nitriles is 1. The lowest BCUT2D eigenvalue weighted by atomic mass is 10.0. The summed E-state index contributed by atoms with van der Waals surface area (Å²) in [5.74, 6) is -1.20. The molecule has 0 aliphatic heterocycles. The number of carbonyl (C=O) groups is 2. The lowest BCUT2D eigenvalue weighted by molar-refractivity contribution is -0.137. The van der Waals surface area contributed by atoms with Crippen molar-refractivity contribution in [2.75, 3.05) is 5.32 Å². The Morgan fingerprint density at radius 1 is 1.06 bits per heavy atom. The molecule has 3 aromatic carbocycles. The van der Waals surface area contributed by atoms with Crippen LogP contribution in [0, 0.1) is 11.3 Å². The van der Waals surface area contributed by atoms with E-state index in [2.05, 4.69) is 10.3 Å². The van der Waals surface area contributed by atoms with Crippen LogP contribution in [-0.4, -0.2) is 26.5 Å². The minimum Gasteiger partial charge on any atom is -0.481 e. The van der Waals surface area contributed by atoms with Crippen molar-refractivity contribution in [3.63, 3.8) is 0 Å². The molecule has 0 aliphatic carbocycles. The van der Waals surface area contributed by atoms with E-state index in [9.17, 15) is 14.7 Å². The Kier molecular flexibility index (Phi) is 5.45. The third kappa shape index (κ3) is 4.28. The molecule has 1 atom stereocenters. The maximum absolute atomic E-state index is 12.5. The Bertz CT molecular complexity index is 1290. The van der Waals surface area contributed by atoms with Gasteiger partial charge in [0, 0.05) is 11.3 Å². The molecule has 1 aromatic heterocycles. The van der Waals surface area contributed by atoms with Crippen LogP contribution >= 0.6 is 0 Å².